The topological polar surface area (TPSA) is 47.7 Å². The molecule has 0 saturated carbocycles. The molecule has 0 radical (unpaired) electrons. The van der Waals surface area contributed by atoms with Crippen molar-refractivity contribution in [2.75, 3.05) is 33.9 Å². The fraction of sp³-hybridized carbons (Fsp3) is 0.600. The number of halogens is 1. The van der Waals surface area contributed by atoms with Gasteiger partial charge < -0.3 is 15.2 Å². The highest BCUT2D eigenvalue weighted by atomic mass is 35.5. The number of hydrogen-bond acceptors (Lipinski definition) is 4. The highest BCUT2D eigenvalue weighted by Gasteiger charge is 2.16. The Morgan fingerprint density at radius 2 is 2.05 bits per heavy atom. The second kappa shape index (κ2) is 8.47. The molecule has 0 aliphatic heterocycles. The Morgan fingerprint density at radius 1 is 1.35 bits per heavy atom. The minimum atomic E-state index is 0.120. The number of rotatable bonds is 8. The van der Waals surface area contributed by atoms with Crippen molar-refractivity contribution in [1.29, 1.82) is 0 Å². The zero-order chi connectivity index (χ0) is 15.1. The van der Waals surface area contributed by atoms with Crippen molar-refractivity contribution < 1.29 is 9.47 Å². The highest BCUT2D eigenvalue weighted by Crippen LogP contribution is 2.29. The van der Waals surface area contributed by atoms with Crippen LogP contribution < -0.4 is 10.5 Å². The molecule has 1 aromatic carbocycles. The molecule has 1 rings (SSSR count). The minimum Gasteiger partial charge on any atom is -0.495 e. The van der Waals surface area contributed by atoms with Gasteiger partial charge >= 0.3 is 0 Å². The van der Waals surface area contributed by atoms with Gasteiger partial charge in [0.25, 0.3) is 0 Å². The van der Waals surface area contributed by atoms with Crippen molar-refractivity contribution in [3.63, 3.8) is 0 Å². The summed E-state index contributed by atoms with van der Waals surface area (Å²) in [5, 5.41) is 0.607. The number of nitrogens with zero attached hydrogens (tertiary/aromatic N) is 1. The number of hydrogen-bond donors (Lipinski definition) is 1. The lowest BCUT2D eigenvalue weighted by Gasteiger charge is -2.28. The van der Waals surface area contributed by atoms with Gasteiger partial charge in [-0.2, -0.15) is 0 Å². The summed E-state index contributed by atoms with van der Waals surface area (Å²) in [6.45, 7) is 6.10. The van der Waals surface area contributed by atoms with E-state index in [1.54, 1.807) is 7.11 Å². The lowest BCUT2D eigenvalue weighted by atomic mass is 10.1. The molecule has 0 spiro atoms. The Kier molecular flexibility index (Phi) is 7.30. The zero-order valence-electron chi connectivity index (χ0n) is 12.7. The predicted molar refractivity (Wildman–Crippen MR) is 83.5 cm³/mol. The largest absolute Gasteiger partial charge is 0.495 e. The summed E-state index contributed by atoms with van der Waals surface area (Å²) in [5.74, 6) is 0.678. The number of nitrogens with two attached hydrogens (primary N) is 1. The van der Waals surface area contributed by atoms with Crippen molar-refractivity contribution >= 4 is 11.6 Å². The molecular formula is C15H25ClN2O2. The molecule has 0 bridgehead atoms. The molecule has 5 heteroatoms. The Labute approximate surface area is 126 Å². The molecule has 0 saturated heterocycles. The monoisotopic (exact) mass is 300 g/mol. The van der Waals surface area contributed by atoms with Gasteiger partial charge in [-0.05, 0) is 38.6 Å². The Bertz CT molecular complexity index is 413. The summed E-state index contributed by atoms with van der Waals surface area (Å²) in [5.41, 5.74) is 6.99. The van der Waals surface area contributed by atoms with Crippen molar-refractivity contribution in [1.82, 2.24) is 4.90 Å². The van der Waals surface area contributed by atoms with Gasteiger partial charge in [0, 0.05) is 19.1 Å². The second-order valence-electron chi connectivity index (χ2n) is 5.05. The van der Waals surface area contributed by atoms with Crippen LogP contribution in [0.15, 0.2) is 18.2 Å². The van der Waals surface area contributed by atoms with Crippen LogP contribution in [-0.2, 0) is 4.74 Å². The molecule has 1 atom stereocenters. The fourth-order valence-electron chi connectivity index (χ4n) is 2.05. The average Bonchev–Trinajstić information content (AvgIpc) is 2.39. The molecule has 0 fully saturated rings. The molecule has 0 amide bonds. The van der Waals surface area contributed by atoms with Crippen LogP contribution >= 0.6 is 11.6 Å². The van der Waals surface area contributed by atoms with E-state index in [2.05, 4.69) is 4.90 Å². The molecule has 0 aliphatic carbocycles. The summed E-state index contributed by atoms with van der Waals surface area (Å²) < 4.78 is 10.7. The minimum absolute atomic E-state index is 0.120. The Hall–Kier alpha value is -0.810. The lowest BCUT2D eigenvalue weighted by molar-refractivity contribution is 0.0564. The molecule has 2 N–H and O–H groups in total. The summed E-state index contributed by atoms with van der Waals surface area (Å²) >= 11 is 6.17. The maximum Gasteiger partial charge on any atom is 0.137 e. The van der Waals surface area contributed by atoms with E-state index >= 15 is 0 Å². The van der Waals surface area contributed by atoms with Crippen molar-refractivity contribution in [3.8, 4) is 5.75 Å². The van der Waals surface area contributed by atoms with Crippen LogP contribution in [0, 0.1) is 0 Å². The number of likely N-dealkylation sites (N-methyl/N-ethyl adjacent to an activating group) is 1. The lowest BCUT2D eigenvalue weighted by Crippen LogP contribution is -2.33. The summed E-state index contributed by atoms with van der Waals surface area (Å²) in [6.07, 6.45) is 0.246. The normalized spacial score (nSPS) is 13.0. The summed E-state index contributed by atoms with van der Waals surface area (Å²) in [6, 6.07) is 5.91. The quantitative estimate of drug-likeness (QED) is 0.802. The molecule has 0 heterocycles. The maximum atomic E-state index is 6.17. The van der Waals surface area contributed by atoms with E-state index in [0.717, 1.165) is 12.1 Å². The zero-order valence-corrected chi connectivity index (χ0v) is 13.5. The predicted octanol–water partition coefficient (Wildman–Crippen LogP) is 2.71. The molecular weight excluding hydrogens is 276 g/mol. The molecule has 1 unspecified atom stereocenters. The van der Waals surface area contributed by atoms with Crippen LogP contribution in [0.5, 0.6) is 5.75 Å². The van der Waals surface area contributed by atoms with Gasteiger partial charge in [0.2, 0.25) is 0 Å². The summed E-state index contributed by atoms with van der Waals surface area (Å²) in [4.78, 5) is 2.18. The second-order valence-corrected chi connectivity index (χ2v) is 5.45. The first kappa shape index (κ1) is 17.2. The van der Waals surface area contributed by atoms with Gasteiger partial charge in [0.15, 0.2) is 0 Å². The number of ether oxygens (including phenoxy) is 2. The maximum absolute atomic E-state index is 6.17. The Balaban J connectivity index is 2.71. The van der Waals surface area contributed by atoms with E-state index in [4.69, 9.17) is 26.8 Å². The highest BCUT2D eigenvalue weighted by molar-refractivity contribution is 6.32. The van der Waals surface area contributed by atoms with E-state index in [0.29, 0.717) is 23.9 Å². The van der Waals surface area contributed by atoms with E-state index in [1.165, 1.54) is 0 Å². The molecule has 20 heavy (non-hydrogen) atoms. The van der Waals surface area contributed by atoms with Crippen LogP contribution in [0.3, 0.4) is 0 Å². The molecule has 114 valence electrons. The third kappa shape index (κ3) is 4.94. The van der Waals surface area contributed by atoms with Gasteiger partial charge in [0.1, 0.15) is 5.75 Å². The summed E-state index contributed by atoms with van der Waals surface area (Å²) in [7, 11) is 3.65. The SMILES string of the molecule is COc1ccc(C(CN)N(C)CCOC(C)C)cc1Cl. The third-order valence-corrected chi connectivity index (χ3v) is 3.51. The van der Waals surface area contributed by atoms with Crippen LogP contribution in [0.4, 0.5) is 0 Å². The van der Waals surface area contributed by atoms with E-state index in [9.17, 15) is 0 Å². The molecule has 4 nitrogen and oxygen atoms in total. The van der Waals surface area contributed by atoms with E-state index in [-0.39, 0.29) is 12.1 Å². The number of benzene rings is 1. The third-order valence-electron chi connectivity index (χ3n) is 3.21. The standard InChI is InChI=1S/C15H25ClN2O2/c1-11(2)20-8-7-18(3)14(10-17)12-5-6-15(19-4)13(16)9-12/h5-6,9,11,14H,7-8,10,17H2,1-4H3. The first-order valence-electron chi connectivity index (χ1n) is 6.85. The number of methoxy groups -OCH3 is 1. The van der Waals surface area contributed by atoms with Gasteiger partial charge in [-0.3, -0.25) is 4.90 Å². The smallest absolute Gasteiger partial charge is 0.137 e. The van der Waals surface area contributed by atoms with Crippen LogP contribution in [0.2, 0.25) is 5.02 Å². The first-order valence-corrected chi connectivity index (χ1v) is 7.22. The molecule has 0 aliphatic rings. The fourth-order valence-corrected chi connectivity index (χ4v) is 2.31. The van der Waals surface area contributed by atoms with Gasteiger partial charge in [-0.1, -0.05) is 17.7 Å². The van der Waals surface area contributed by atoms with E-state index < -0.39 is 0 Å². The van der Waals surface area contributed by atoms with Crippen LogP contribution in [0.1, 0.15) is 25.5 Å². The van der Waals surface area contributed by atoms with Gasteiger partial charge in [-0.25, -0.2) is 0 Å². The van der Waals surface area contributed by atoms with Crippen molar-refractivity contribution in [3.05, 3.63) is 28.8 Å². The van der Waals surface area contributed by atoms with Crippen LogP contribution in [-0.4, -0.2) is 44.9 Å². The molecule has 1 aromatic rings. The average molecular weight is 301 g/mol. The first-order chi connectivity index (χ1) is 9.49. The van der Waals surface area contributed by atoms with E-state index in [1.807, 2.05) is 39.1 Å². The van der Waals surface area contributed by atoms with Crippen molar-refractivity contribution in [2.24, 2.45) is 5.73 Å². The van der Waals surface area contributed by atoms with Crippen LogP contribution in [0.25, 0.3) is 0 Å². The Morgan fingerprint density at radius 3 is 2.55 bits per heavy atom. The van der Waals surface area contributed by atoms with Gasteiger partial charge in [0.05, 0.1) is 24.8 Å². The van der Waals surface area contributed by atoms with Gasteiger partial charge in [-0.15, -0.1) is 0 Å². The molecule has 0 aromatic heterocycles. The van der Waals surface area contributed by atoms with Crippen molar-refractivity contribution in [2.45, 2.75) is 26.0 Å².